The summed E-state index contributed by atoms with van der Waals surface area (Å²) in [6.45, 7) is 5.24. The molecule has 0 radical (unpaired) electrons. The number of piperidine rings is 1. The van der Waals surface area contributed by atoms with Crippen LogP contribution in [0.1, 0.15) is 35.7 Å². The molecule has 1 atom stereocenters. The van der Waals surface area contributed by atoms with Gasteiger partial charge in [0.1, 0.15) is 0 Å². The maximum absolute atomic E-state index is 4.64. The van der Waals surface area contributed by atoms with Gasteiger partial charge in [0.25, 0.3) is 0 Å². The van der Waals surface area contributed by atoms with Crippen molar-refractivity contribution in [2.45, 2.75) is 32.2 Å². The van der Waals surface area contributed by atoms with Crippen LogP contribution in [0.25, 0.3) is 0 Å². The second-order valence-corrected chi connectivity index (χ2v) is 5.52. The molecule has 1 saturated heterocycles. The van der Waals surface area contributed by atoms with Gasteiger partial charge in [-0.1, -0.05) is 0 Å². The Morgan fingerprint density at radius 1 is 1.20 bits per heavy atom. The number of rotatable bonds is 3. The molecule has 1 aliphatic rings. The van der Waals surface area contributed by atoms with E-state index < -0.39 is 0 Å². The van der Waals surface area contributed by atoms with Crippen molar-refractivity contribution in [3.63, 3.8) is 0 Å². The van der Waals surface area contributed by atoms with E-state index in [1.165, 1.54) is 18.4 Å². The largest absolute Gasteiger partial charge is 0.298 e. The summed E-state index contributed by atoms with van der Waals surface area (Å²) in [5, 5.41) is 0. The highest BCUT2D eigenvalue weighted by Gasteiger charge is 2.22. The first-order valence-electron chi connectivity index (χ1n) is 7.21. The van der Waals surface area contributed by atoms with Gasteiger partial charge in [-0.2, -0.15) is 0 Å². The molecule has 1 fully saturated rings. The molecule has 0 bridgehead atoms. The average Bonchev–Trinajstić information content (AvgIpc) is 2.49. The molecular weight excluding hydrogens is 248 g/mol. The summed E-state index contributed by atoms with van der Waals surface area (Å²) in [4.78, 5) is 15.5. The van der Waals surface area contributed by atoms with Crippen LogP contribution in [-0.4, -0.2) is 32.9 Å². The highest BCUT2D eigenvalue weighted by Crippen LogP contribution is 2.26. The lowest BCUT2D eigenvalue weighted by atomic mass is 9.94. The minimum Gasteiger partial charge on any atom is -0.298 e. The fourth-order valence-electron chi connectivity index (χ4n) is 2.87. The first-order valence-corrected chi connectivity index (χ1v) is 7.21. The van der Waals surface area contributed by atoms with Gasteiger partial charge < -0.3 is 0 Å². The predicted octanol–water partition coefficient (Wildman–Crippen LogP) is 2.56. The van der Waals surface area contributed by atoms with E-state index in [1.807, 2.05) is 31.7 Å². The molecule has 4 nitrogen and oxygen atoms in total. The van der Waals surface area contributed by atoms with E-state index in [9.17, 15) is 0 Å². The second kappa shape index (κ2) is 6.09. The monoisotopic (exact) mass is 268 g/mol. The summed E-state index contributed by atoms with van der Waals surface area (Å²) in [5.74, 6) is 0.512. The van der Waals surface area contributed by atoms with Crippen LogP contribution in [0.15, 0.2) is 36.9 Å². The van der Waals surface area contributed by atoms with Crippen LogP contribution in [0, 0.1) is 6.92 Å². The summed E-state index contributed by atoms with van der Waals surface area (Å²) in [5.41, 5.74) is 3.48. The Kier molecular flexibility index (Phi) is 4.02. The van der Waals surface area contributed by atoms with Crippen molar-refractivity contribution >= 4 is 0 Å². The molecule has 0 aromatic carbocycles. The number of pyridine rings is 1. The van der Waals surface area contributed by atoms with Crippen molar-refractivity contribution in [3.05, 3.63) is 53.9 Å². The Morgan fingerprint density at radius 3 is 2.85 bits per heavy atom. The van der Waals surface area contributed by atoms with Crippen LogP contribution < -0.4 is 0 Å². The van der Waals surface area contributed by atoms with E-state index in [-0.39, 0.29) is 0 Å². The van der Waals surface area contributed by atoms with Gasteiger partial charge in [-0.25, -0.2) is 0 Å². The minimum atomic E-state index is 0.512. The summed E-state index contributed by atoms with van der Waals surface area (Å²) >= 11 is 0. The van der Waals surface area contributed by atoms with Crippen molar-refractivity contribution < 1.29 is 0 Å². The molecule has 0 aliphatic carbocycles. The van der Waals surface area contributed by atoms with Gasteiger partial charge in [0.05, 0.1) is 11.4 Å². The number of hydrogen-bond donors (Lipinski definition) is 0. The number of hydrogen-bond acceptors (Lipinski definition) is 4. The average molecular weight is 268 g/mol. The van der Waals surface area contributed by atoms with Crippen molar-refractivity contribution in [2.75, 3.05) is 13.1 Å². The number of aromatic nitrogens is 3. The zero-order valence-corrected chi connectivity index (χ0v) is 11.9. The lowest BCUT2D eigenvalue weighted by Gasteiger charge is -2.32. The molecule has 20 heavy (non-hydrogen) atoms. The Bertz CT molecular complexity index is 555. The first-order chi connectivity index (χ1) is 9.81. The highest BCUT2D eigenvalue weighted by atomic mass is 15.1. The molecule has 0 saturated carbocycles. The molecule has 3 heterocycles. The number of aryl methyl sites for hydroxylation is 1. The van der Waals surface area contributed by atoms with Gasteiger partial charge in [0.2, 0.25) is 0 Å². The molecule has 0 unspecified atom stereocenters. The Labute approximate surface area is 119 Å². The molecule has 2 aromatic rings. The van der Waals surface area contributed by atoms with Crippen molar-refractivity contribution in [1.82, 2.24) is 19.9 Å². The summed E-state index contributed by atoms with van der Waals surface area (Å²) in [6, 6.07) is 4.19. The van der Waals surface area contributed by atoms with E-state index in [2.05, 4.69) is 32.0 Å². The van der Waals surface area contributed by atoms with Crippen molar-refractivity contribution in [2.24, 2.45) is 0 Å². The summed E-state index contributed by atoms with van der Waals surface area (Å²) < 4.78 is 0. The molecule has 0 spiro atoms. The molecule has 0 amide bonds. The number of nitrogens with zero attached hydrogens (tertiary/aromatic N) is 4. The summed E-state index contributed by atoms with van der Waals surface area (Å²) in [6.07, 6.45) is 9.91. The fraction of sp³-hybridized carbons (Fsp3) is 0.438. The smallest absolute Gasteiger partial charge is 0.0633 e. The third kappa shape index (κ3) is 3.20. The predicted molar refractivity (Wildman–Crippen MR) is 78.3 cm³/mol. The van der Waals surface area contributed by atoms with Gasteiger partial charge in [0.15, 0.2) is 0 Å². The fourth-order valence-corrected chi connectivity index (χ4v) is 2.87. The van der Waals surface area contributed by atoms with Crippen LogP contribution in [0.5, 0.6) is 0 Å². The van der Waals surface area contributed by atoms with Gasteiger partial charge >= 0.3 is 0 Å². The summed E-state index contributed by atoms with van der Waals surface area (Å²) in [7, 11) is 0. The van der Waals surface area contributed by atoms with Gasteiger partial charge in [0, 0.05) is 43.8 Å². The molecule has 1 aliphatic heterocycles. The standard InChI is InChI=1S/C16H20N4/c1-13-9-18-10-16(19-13)15-3-2-8-20(12-15)11-14-4-6-17-7-5-14/h4-7,9-10,15H,2-3,8,11-12H2,1H3/t15-/m1/s1. The highest BCUT2D eigenvalue weighted by molar-refractivity contribution is 5.12. The molecule has 0 N–H and O–H groups in total. The van der Waals surface area contributed by atoms with Crippen LogP contribution in [0.2, 0.25) is 0 Å². The van der Waals surface area contributed by atoms with E-state index in [0.717, 1.165) is 31.0 Å². The van der Waals surface area contributed by atoms with E-state index in [0.29, 0.717) is 5.92 Å². The molecular formula is C16H20N4. The van der Waals surface area contributed by atoms with E-state index >= 15 is 0 Å². The van der Waals surface area contributed by atoms with Crippen LogP contribution >= 0.6 is 0 Å². The van der Waals surface area contributed by atoms with Crippen LogP contribution in [0.4, 0.5) is 0 Å². The Hall–Kier alpha value is -1.81. The molecule has 3 rings (SSSR count). The lowest BCUT2D eigenvalue weighted by Crippen LogP contribution is -2.34. The van der Waals surface area contributed by atoms with Crippen LogP contribution in [-0.2, 0) is 6.54 Å². The van der Waals surface area contributed by atoms with Gasteiger partial charge in [-0.3, -0.25) is 19.9 Å². The SMILES string of the molecule is Cc1cncc([C@@H]2CCCN(Cc3ccncc3)C2)n1. The second-order valence-electron chi connectivity index (χ2n) is 5.52. The van der Waals surface area contributed by atoms with Gasteiger partial charge in [-0.15, -0.1) is 0 Å². The van der Waals surface area contributed by atoms with Crippen LogP contribution in [0.3, 0.4) is 0 Å². The first kappa shape index (κ1) is 13.2. The zero-order chi connectivity index (χ0) is 13.8. The topological polar surface area (TPSA) is 41.9 Å². The van der Waals surface area contributed by atoms with E-state index in [1.54, 1.807) is 0 Å². The Balaban J connectivity index is 1.67. The van der Waals surface area contributed by atoms with Gasteiger partial charge in [-0.05, 0) is 44.0 Å². The van der Waals surface area contributed by atoms with Crippen molar-refractivity contribution in [1.29, 1.82) is 0 Å². The normalized spacial score (nSPS) is 19.9. The number of likely N-dealkylation sites (tertiary alicyclic amines) is 1. The third-order valence-corrected chi connectivity index (χ3v) is 3.85. The lowest BCUT2D eigenvalue weighted by molar-refractivity contribution is 0.198. The third-order valence-electron chi connectivity index (χ3n) is 3.85. The molecule has 104 valence electrons. The molecule has 2 aromatic heterocycles. The van der Waals surface area contributed by atoms with Crippen molar-refractivity contribution in [3.8, 4) is 0 Å². The van der Waals surface area contributed by atoms with E-state index in [4.69, 9.17) is 0 Å². The Morgan fingerprint density at radius 2 is 2.05 bits per heavy atom. The maximum Gasteiger partial charge on any atom is 0.0633 e. The molecule has 4 heteroatoms. The maximum atomic E-state index is 4.64. The zero-order valence-electron chi connectivity index (χ0n) is 11.9. The quantitative estimate of drug-likeness (QED) is 0.858. The minimum absolute atomic E-state index is 0.512.